The number of nitrogens with one attached hydrogen (secondary N) is 1. The quantitative estimate of drug-likeness (QED) is 0.644. The van der Waals surface area contributed by atoms with Crippen LogP contribution in [-0.2, 0) is 14.3 Å². The van der Waals surface area contributed by atoms with Crippen molar-refractivity contribution in [2.24, 2.45) is 0 Å². The molecule has 5 nitrogen and oxygen atoms in total. The van der Waals surface area contributed by atoms with Crippen molar-refractivity contribution in [3.63, 3.8) is 0 Å². The van der Waals surface area contributed by atoms with Gasteiger partial charge in [0, 0.05) is 12.1 Å². The molecule has 0 spiro atoms. The molecule has 0 aliphatic rings. The summed E-state index contributed by atoms with van der Waals surface area (Å²) in [6, 6.07) is 6.37. The van der Waals surface area contributed by atoms with E-state index < -0.39 is 18.4 Å². The Morgan fingerprint density at radius 2 is 2.14 bits per heavy atom. The first kappa shape index (κ1) is 16.7. The summed E-state index contributed by atoms with van der Waals surface area (Å²) < 4.78 is 22.3. The Kier molecular flexibility index (Phi) is 6.39. The lowest BCUT2D eigenvalue weighted by Gasteiger charge is -2.11. The minimum Gasteiger partial charge on any atom is -0.465 e. The van der Waals surface area contributed by atoms with E-state index in [4.69, 9.17) is 0 Å². The summed E-state index contributed by atoms with van der Waals surface area (Å²) >= 11 is 0. The van der Waals surface area contributed by atoms with E-state index in [2.05, 4.69) is 21.4 Å². The molecule has 1 aromatic rings. The summed E-state index contributed by atoms with van der Waals surface area (Å²) in [5, 5.41) is 2.39. The number of alkyl halides is 1. The molecule has 1 unspecified atom stereocenters. The van der Waals surface area contributed by atoms with E-state index in [9.17, 15) is 14.0 Å². The summed E-state index contributed by atoms with van der Waals surface area (Å²) in [6.07, 6.45) is -1.81. The van der Waals surface area contributed by atoms with Crippen LogP contribution in [0.4, 0.5) is 14.9 Å². The molecule has 0 aromatic heterocycles. The molecule has 1 atom stereocenters. The van der Waals surface area contributed by atoms with Crippen molar-refractivity contribution in [1.29, 1.82) is 0 Å². The smallest absolute Gasteiger partial charge is 0.414 e. The van der Waals surface area contributed by atoms with Crippen molar-refractivity contribution < 1.29 is 23.5 Å². The Labute approximate surface area is 122 Å². The SMILES string of the molecule is C=C(C(=O)OC)c1cccc(NC(=O)OC(F)CCC)c1. The van der Waals surface area contributed by atoms with Crippen LogP contribution in [0.25, 0.3) is 5.57 Å². The predicted octanol–water partition coefficient (Wildman–Crippen LogP) is 3.52. The Hall–Kier alpha value is -2.37. The Morgan fingerprint density at radius 3 is 2.76 bits per heavy atom. The number of carbonyl (C=O) groups is 2. The molecule has 0 aliphatic heterocycles. The molecule has 0 saturated carbocycles. The first-order valence-electron chi connectivity index (χ1n) is 6.47. The number of anilines is 1. The Balaban J connectivity index is 2.70. The van der Waals surface area contributed by atoms with Crippen LogP contribution in [-0.4, -0.2) is 25.5 Å². The lowest BCUT2D eigenvalue weighted by molar-refractivity contribution is -0.133. The highest BCUT2D eigenvalue weighted by molar-refractivity contribution is 6.15. The molecule has 1 rings (SSSR count). The highest BCUT2D eigenvalue weighted by atomic mass is 19.1. The van der Waals surface area contributed by atoms with Crippen molar-refractivity contribution in [2.75, 3.05) is 12.4 Å². The van der Waals surface area contributed by atoms with Crippen molar-refractivity contribution in [1.82, 2.24) is 0 Å². The molecule has 21 heavy (non-hydrogen) atoms. The Morgan fingerprint density at radius 1 is 1.43 bits per heavy atom. The number of hydrogen-bond acceptors (Lipinski definition) is 4. The number of esters is 1. The third kappa shape index (κ3) is 5.25. The van der Waals surface area contributed by atoms with Gasteiger partial charge in [-0.2, -0.15) is 0 Å². The van der Waals surface area contributed by atoms with Crippen LogP contribution in [0.15, 0.2) is 30.8 Å². The molecule has 0 heterocycles. The summed E-state index contributed by atoms with van der Waals surface area (Å²) in [7, 11) is 1.25. The van der Waals surface area contributed by atoms with Crippen LogP contribution in [0.1, 0.15) is 25.3 Å². The van der Waals surface area contributed by atoms with E-state index in [0.717, 1.165) is 0 Å². The fourth-order valence-electron chi connectivity index (χ4n) is 1.58. The summed E-state index contributed by atoms with van der Waals surface area (Å²) in [5.74, 6) is -0.568. The molecule has 114 valence electrons. The highest BCUT2D eigenvalue weighted by Gasteiger charge is 2.13. The average molecular weight is 295 g/mol. The maximum atomic E-state index is 13.2. The zero-order chi connectivity index (χ0) is 15.8. The molecule has 0 bridgehead atoms. The molecule has 1 aromatic carbocycles. The second-order valence-corrected chi connectivity index (χ2v) is 4.28. The largest absolute Gasteiger partial charge is 0.465 e. The molecule has 0 radical (unpaired) electrons. The second kappa shape index (κ2) is 8.04. The first-order valence-corrected chi connectivity index (χ1v) is 6.47. The fourth-order valence-corrected chi connectivity index (χ4v) is 1.58. The molecule has 1 N–H and O–H groups in total. The first-order chi connectivity index (χ1) is 9.97. The van der Waals surface area contributed by atoms with Gasteiger partial charge in [-0.1, -0.05) is 25.6 Å². The van der Waals surface area contributed by atoms with E-state index >= 15 is 0 Å². The standard InChI is InChI=1S/C15H18FNO4/c1-4-6-13(16)21-15(19)17-12-8-5-7-11(9-12)10(2)14(18)20-3/h5,7-9,13H,2,4,6H2,1,3H3,(H,17,19). The van der Waals surface area contributed by atoms with E-state index in [1.54, 1.807) is 25.1 Å². The zero-order valence-electron chi connectivity index (χ0n) is 12.0. The number of ether oxygens (including phenoxy) is 2. The van der Waals surface area contributed by atoms with Gasteiger partial charge >= 0.3 is 12.1 Å². The van der Waals surface area contributed by atoms with Gasteiger partial charge < -0.3 is 9.47 Å². The van der Waals surface area contributed by atoms with Gasteiger partial charge in [-0.15, -0.1) is 0 Å². The van der Waals surface area contributed by atoms with Gasteiger partial charge in [-0.3, -0.25) is 5.32 Å². The molecule has 6 heteroatoms. The third-order valence-electron chi connectivity index (χ3n) is 2.64. The monoisotopic (exact) mass is 295 g/mol. The zero-order valence-corrected chi connectivity index (χ0v) is 12.0. The van der Waals surface area contributed by atoms with E-state index in [1.807, 2.05) is 0 Å². The van der Waals surface area contributed by atoms with Gasteiger partial charge in [0.15, 0.2) is 0 Å². The number of benzene rings is 1. The minimum atomic E-state index is -1.64. The number of hydrogen-bond donors (Lipinski definition) is 1. The molecular weight excluding hydrogens is 277 g/mol. The predicted molar refractivity (Wildman–Crippen MR) is 77.4 cm³/mol. The van der Waals surface area contributed by atoms with Gasteiger partial charge in [-0.25, -0.2) is 14.0 Å². The molecule has 0 aliphatic carbocycles. The van der Waals surface area contributed by atoms with Crippen LogP contribution in [0.3, 0.4) is 0 Å². The van der Waals surface area contributed by atoms with Crippen LogP contribution >= 0.6 is 0 Å². The third-order valence-corrected chi connectivity index (χ3v) is 2.64. The van der Waals surface area contributed by atoms with Gasteiger partial charge in [0.2, 0.25) is 6.36 Å². The van der Waals surface area contributed by atoms with Crippen LogP contribution in [0, 0.1) is 0 Å². The van der Waals surface area contributed by atoms with Crippen LogP contribution in [0.2, 0.25) is 0 Å². The number of rotatable bonds is 6. The van der Waals surface area contributed by atoms with E-state index in [-0.39, 0.29) is 12.0 Å². The van der Waals surface area contributed by atoms with Gasteiger partial charge in [0.05, 0.1) is 12.7 Å². The lowest BCUT2D eigenvalue weighted by atomic mass is 10.1. The Bertz CT molecular complexity index is 530. The van der Waals surface area contributed by atoms with E-state index in [1.165, 1.54) is 13.2 Å². The molecular formula is C15H18FNO4. The molecule has 0 fully saturated rings. The van der Waals surface area contributed by atoms with Crippen LogP contribution in [0.5, 0.6) is 0 Å². The average Bonchev–Trinajstić information content (AvgIpc) is 2.45. The lowest BCUT2D eigenvalue weighted by Crippen LogP contribution is -2.19. The molecule has 0 saturated heterocycles. The summed E-state index contributed by atoms with van der Waals surface area (Å²) in [5.41, 5.74) is 1.01. The highest BCUT2D eigenvalue weighted by Crippen LogP contribution is 2.19. The minimum absolute atomic E-state index is 0.145. The molecule has 1 amide bonds. The van der Waals surface area contributed by atoms with Crippen molar-refractivity contribution in [3.8, 4) is 0 Å². The van der Waals surface area contributed by atoms with Crippen LogP contribution < -0.4 is 5.32 Å². The van der Waals surface area contributed by atoms with Gasteiger partial charge in [0.1, 0.15) is 0 Å². The summed E-state index contributed by atoms with van der Waals surface area (Å²) in [4.78, 5) is 22.9. The number of amides is 1. The van der Waals surface area contributed by atoms with Crippen molar-refractivity contribution in [3.05, 3.63) is 36.4 Å². The number of methoxy groups -OCH3 is 1. The topological polar surface area (TPSA) is 64.6 Å². The van der Waals surface area contributed by atoms with E-state index in [0.29, 0.717) is 17.7 Å². The number of carbonyl (C=O) groups excluding carboxylic acids is 2. The number of halogens is 1. The normalized spacial score (nSPS) is 11.4. The van der Waals surface area contributed by atoms with Crippen molar-refractivity contribution in [2.45, 2.75) is 26.1 Å². The van der Waals surface area contributed by atoms with Gasteiger partial charge in [0.25, 0.3) is 0 Å². The fraction of sp³-hybridized carbons (Fsp3) is 0.333. The van der Waals surface area contributed by atoms with Crippen molar-refractivity contribution >= 4 is 23.3 Å². The maximum Gasteiger partial charge on any atom is 0.414 e. The van der Waals surface area contributed by atoms with Gasteiger partial charge in [-0.05, 0) is 24.1 Å². The second-order valence-electron chi connectivity index (χ2n) is 4.28. The maximum absolute atomic E-state index is 13.2. The summed E-state index contributed by atoms with van der Waals surface area (Å²) in [6.45, 7) is 5.40.